The maximum Gasteiger partial charge on any atom is 0.245 e. The normalized spacial score (nSPS) is 14.2. The van der Waals surface area contributed by atoms with Gasteiger partial charge in [0.2, 0.25) is 11.9 Å². The summed E-state index contributed by atoms with van der Waals surface area (Å²) in [6.45, 7) is 4.89. The molecule has 1 saturated heterocycles. The van der Waals surface area contributed by atoms with E-state index in [1.165, 1.54) is 6.08 Å². The Morgan fingerprint density at radius 2 is 1.78 bits per heavy atom. The van der Waals surface area contributed by atoms with Crippen LogP contribution in [0.25, 0.3) is 27.8 Å². The van der Waals surface area contributed by atoms with Crippen LogP contribution in [0.4, 0.5) is 5.95 Å². The molecule has 0 spiro atoms. The van der Waals surface area contributed by atoms with E-state index in [1.807, 2.05) is 21.6 Å². The van der Waals surface area contributed by atoms with Crippen molar-refractivity contribution in [3.05, 3.63) is 52.9 Å². The van der Waals surface area contributed by atoms with Crippen LogP contribution in [0.2, 0.25) is 10.0 Å². The van der Waals surface area contributed by atoms with Crippen LogP contribution in [0.5, 0.6) is 11.5 Å². The Labute approximate surface area is 224 Å². The summed E-state index contributed by atoms with van der Waals surface area (Å²) < 4.78 is 13.0. The van der Waals surface area contributed by atoms with Crippen LogP contribution in [0.3, 0.4) is 0 Å². The van der Waals surface area contributed by atoms with Gasteiger partial charge in [-0.25, -0.2) is 9.97 Å². The third-order valence-electron chi connectivity index (χ3n) is 6.76. The smallest absolute Gasteiger partial charge is 0.245 e. The molecule has 0 unspecified atom stereocenters. The molecule has 5 rings (SSSR count). The molecule has 192 valence electrons. The van der Waals surface area contributed by atoms with E-state index in [0.29, 0.717) is 63.0 Å². The van der Waals surface area contributed by atoms with E-state index in [4.69, 9.17) is 42.6 Å². The number of nitrogens with one attached hydrogen (secondary N) is 1. The third kappa shape index (κ3) is 4.32. The summed E-state index contributed by atoms with van der Waals surface area (Å²) in [5.74, 6) is 1.49. The fraction of sp³-hybridized carbons (Fsp3) is 0.308. The van der Waals surface area contributed by atoms with Gasteiger partial charge in [0.25, 0.3) is 0 Å². The summed E-state index contributed by atoms with van der Waals surface area (Å²) in [5, 5.41) is 4.48. The van der Waals surface area contributed by atoms with Gasteiger partial charge in [0.15, 0.2) is 5.65 Å². The largest absolute Gasteiger partial charge is 0.495 e. The van der Waals surface area contributed by atoms with Crippen molar-refractivity contribution in [2.45, 2.75) is 18.8 Å². The number of piperidine rings is 1. The average Bonchev–Trinajstić information content (AvgIpc) is 3.39. The predicted octanol–water partition coefficient (Wildman–Crippen LogP) is 5.20. The number of carbonyl (C=O) groups is 1. The van der Waals surface area contributed by atoms with Gasteiger partial charge in [-0.15, -0.1) is 0 Å². The Morgan fingerprint density at radius 1 is 1.11 bits per heavy atom. The SMILES string of the molecule is C=CC(=O)N1CCC(c2cn3c(n2)c(-c2c(Cl)c(OC)cc(OC)c2Cl)cc2cnc(NC)nc23)CC1. The molecule has 0 radical (unpaired) electrons. The minimum Gasteiger partial charge on any atom is -0.495 e. The number of amides is 1. The lowest BCUT2D eigenvalue weighted by molar-refractivity contribution is -0.127. The van der Waals surface area contributed by atoms with Gasteiger partial charge >= 0.3 is 0 Å². The van der Waals surface area contributed by atoms with E-state index in [1.54, 1.807) is 33.5 Å². The number of aromatic nitrogens is 4. The average molecular weight is 541 g/mol. The monoisotopic (exact) mass is 540 g/mol. The highest BCUT2D eigenvalue weighted by Gasteiger charge is 2.27. The van der Waals surface area contributed by atoms with Crippen molar-refractivity contribution in [1.82, 2.24) is 24.3 Å². The summed E-state index contributed by atoms with van der Waals surface area (Å²) in [5.41, 5.74) is 3.50. The molecule has 4 aromatic rings. The number of hydrogen-bond acceptors (Lipinski definition) is 7. The number of methoxy groups -OCH3 is 2. The summed E-state index contributed by atoms with van der Waals surface area (Å²) >= 11 is 13.6. The molecule has 1 fully saturated rings. The zero-order chi connectivity index (χ0) is 26.3. The lowest BCUT2D eigenvalue weighted by Crippen LogP contribution is -2.36. The number of nitrogens with zero attached hydrogens (tertiary/aromatic N) is 5. The first-order chi connectivity index (χ1) is 17.9. The molecule has 0 saturated carbocycles. The zero-order valence-corrected chi connectivity index (χ0v) is 22.2. The fourth-order valence-electron chi connectivity index (χ4n) is 4.79. The second-order valence-corrected chi connectivity index (χ2v) is 9.48. The second-order valence-electron chi connectivity index (χ2n) is 8.73. The number of benzene rings is 1. The number of rotatable bonds is 6. The third-order valence-corrected chi connectivity index (χ3v) is 7.51. The number of hydrogen-bond donors (Lipinski definition) is 1. The Balaban J connectivity index is 1.73. The maximum absolute atomic E-state index is 12.1. The highest BCUT2D eigenvalue weighted by molar-refractivity contribution is 6.41. The van der Waals surface area contributed by atoms with Gasteiger partial charge < -0.3 is 19.7 Å². The van der Waals surface area contributed by atoms with Crippen molar-refractivity contribution in [1.29, 1.82) is 0 Å². The predicted molar refractivity (Wildman–Crippen MR) is 145 cm³/mol. The second kappa shape index (κ2) is 10.1. The number of imidazole rings is 1. The fourth-order valence-corrected chi connectivity index (χ4v) is 5.50. The standard InChI is InChI=1S/C26H26Cl2N6O3/c1-5-20(35)33-8-6-14(7-9-33)17-13-34-24-15(12-30-26(29-2)32-24)10-16(25(34)31-17)21-22(27)18(36-3)11-19(37-4)23(21)28/h5,10-14H,1,6-9H2,2-4H3,(H,29,30,32). The number of anilines is 1. The summed E-state index contributed by atoms with van der Waals surface area (Å²) in [6, 6.07) is 3.59. The van der Waals surface area contributed by atoms with Gasteiger partial charge in [-0.3, -0.25) is 9.20 Å². The van der Waals surface area contributed by atoms with Gasteiger partial charge in [0, 0.05) is 61.0 Å². The minimum atomic E-state index is -0.0470. The Morgan fingerprint density at radius 3 is 2.38 bits per heavy atom. The molecule has 37 heavy (non-hydrogen) atoms. The molecule has 11 heteroatoms. The van der Waals surface area contributed by atoms with Crippen molar-refractivity contribution in [3.63, 3.8) is 0 Å². The van der Waals surface area contributed by atoms with E-state index >= 15 is 0 Å². The number of likely N-dealkylation sites (tertiary alicyclic amines) is 1. The van der Waals surface area contributed by atoms with Gasteiger partial charge in [-0.2, -0.15) is 4.98 Å². The van der Waals surface area contributed by atoms with Crippen molar-refractivity contribution >= 4 is 51.7 Å². The molecule has 0 aliphatic carbocycles. The Kier molecular flexibility index (Phi) is 6.83. The molecule has 1 aliphatic heterocycles. The van der Waals surface area contributed by atoms with Crippen LogP contribution in [0.1, 0.15) is 24.5 Å². The van der Waals surface area contributed by atoms with E-state index in [9.17, 15) is 4.79 Å². The summed E-state index contributed by atoms with van der Waals surface area (Å²) in [7, 11) is 4.85. The molecule has 3 aromatic heterocycles. The lowest BCUT2D eigenvalue weighted by Gasteiger charge is -2.30. The quantitative estimate of drug-likeness (QED) is 0.336. The number of halogens is 2. The van der Waals surface area contributed by atoms with Gasteiger partial charge in [0.1, 0.15) is 17.1 Å². The molecule has 4 heterocycles. The first-order valence-corrected chi connectivity index (χ1v) is 12.5. The van der Waals surface area contributed by atoms with E-state index < -0.39 is 0 Å². The molecule has 9 nitrogen and oxygen atoms in total. The molecular formula is C26H26Cl2N6O3. The van der Waals surface area contributed by atoms with Crippen LogP contribution < -0.4 is 14.8 Å². The molecular weight excluding hydrogens is 515 g/mol. The molecule has 1 amide bonds. The first-order valence-electron chi connectivity index (χ1n) is 11.8. The lowest BCUT2D eigenvalue weighted by atomic mass is 9.94. The highest BCUT2D eigenvalue weighted by atomic mass is 35.5. The van der Waals surface area contributed by atoms with Crippen LogP contribution in [-0.4, -0.2) is 64.5 Å². The van der Waals surface area contributed by atoms with Crippen molar-refractivity contribution in [3.8, 4) is 22.6 Å². The topological polar surface area (TPSA) is 93.9 Å². The minimum absolute atomic E-state index is 0.0470. The molecule has 0 atom stereocenters. The van der Waals surface area contributed by atoms with E-state index in [-0.39, 0.29) is 11.8 Å². The van der Waals surface area contributed by atoms with Gasteiger partial charge in [-0.1, -0.05) is 29.8 Å². The summed E-state index contributed by atoms with van der Waals surface area (Å²) in [6.07, 6.45) is 6.69. The van der Waals surface area contributed by atoms with Crippen LogP contribution >= 0.6 is 23.2 Å². The van der Waals surface area contributed by atoms with Crippen LogP contribution in [0, 0.1) is 0 Å². The van der Waals surface area contributed by atoms with Crippen molar-refractivity contribution in [2.24, 2.45) is 0 Å². The van der Waals surface area contributed by atoms with Crippen LogP contribution in [-0.2, 0) is 4.79 Å². The van der Waals surface area contributed by atoms with Crippen molar-refractivity contribution in [2.75, 3.05) is 39.7 Å². The molecule has 1 N–H and O–H groups in total. The zero-order valence-electron chi connectivity index (χ0n) is 20.7. The van der Waals surface area contributed by atoms with Gasteiger partial charge in [0.05, 0.1) is 30.0 Å². The summed E-state index contributed by atoms with van der Waals surface area (Å²) in [4.78, 5) is 28.0. The van der Waals surface area contributed by atoms with Gasteiger partial charge in [-0.05, 0) is 25.0 Å². The number of pyridine rings is 1. The highest BCUT2D eigenvalue weighted by Crippen LogP contribution is 2.47. The Hall–Kier alpha value is -3.56. The molecule has 1 aliphatic rings. The van der Waals surface area contributed by atoms with Crippen LogP contribution in [0.15, 0.2) is 37.2 Å². The maximum atomic E-state index is 12.1. The number of carbonyl (C=O) groups excluding carboxylic acids is 1. The van der Waals surface area contributed by atoms with Crippen molar-refractivity contribution < 1.29 is 14.3 Å². The number of ether oxygens (including phenoxy) is 2. The number of fused-ring (bicyclic) bond motifs is 3. The molecule has 1 aromatic carbocycles. The Bertz CT molecular complexity index is 1500. The molecule has 0 bridgehead atoms. The first kappa shape index (κ1) is 25.1. The van der Waals surface area contributed by atoms with E-state index in [0.717, 1.165) is 23.9 Å². The van der Waals surface area contributed by atoms with E-state index in [2.05, 4.69) is 16.9 Å².